The lowest BCUT2D eigenvalue weighted by Gasteiger charge is -2.17. The van der Waals surface area contributed by atoms with E-state index in [1.807, 2.05) is 13.8 Å². The zero-order valence-corrected chi connectivity index (χ0v) is 10.2. The molecule has 0 saturated heterocycles. The molecular formula is C12H23NO3. The van der Waals surface area contributed by atoms with E-state index in [1.54, 1.807) is 0 Å². The summed E-state index contributed by atoms with van der Waals surface area (Å²) in [5, 5.41) is 11.9. The van der Waals surface area contributed by atoms with Gasteiger partial charge in [-0.25, -0.2) is 4.79 Å². The van der Waals surface area contributed by atoms with Crippen molar-refractivity contribution in [1.82, 2.24) is 5.32 Å². The smallest absolute Gasteiger partial charge is 0.407 e. The van der Waals surface area contributed by atoms with Crippen LogP contribution in [0, 0.1) is 17.8 Å². The summed E-state index contributed by atoms with van der Waals surface area (Å²) >= 11 is 0. The van der Waals surface area contributed by atoms with Crippen LogP contribution in [0.3, 0.4) is 0 Å². The Balaban J connectivity index is 2.16. The SMILES string of the molecule is CC(C)COC(=O)NCC1CCCC1CO. The highest BCUT2D eigenvalue weighted by molar-refractivity contribution is 5.67. The second kappa shape index (κ2) is 6.74. The third kappa shape index (κ3) is 4.39. The van der Waals surface area contributed by atoms with Crippen LogP contribution < -0.4 is 5.32 Å². The molecule has 16 heavy (non-hydrogen) atoms. The fourth-order valence-corrected chi connectivity index (χ4v) is 2.13. The normalized spacial score (nSPS) is 24.8. The molecule has 2 atom stereocenters. The molecule has 0 bridgehead atoms. The Labute approximate surface area is 97.4 Å². The van der Waals surface area contributed by atoms with Crippen LogP contribution in [0.15, 0.2) is 0 Å². The molecule has 0 spiro atoms. The molecule has 1 saturated carbocycles. The Morgan fingerprint density at radius 3 is 2.75 bits per heavy atom. The molecule has 2 unspecified atom stereocenters. The zero-order valence-electron chi connectivity index (χ0n) is 10.2. The van der Waals surface area contributed by atoms with Gasteiger partial charge in [0.2, 0.25) is 0 Å². The van der Waals surface area contributed by atoms with Crippen LogP contribution in [0.25, 0.3) is 0 Å². The first-order valence-electron chi connectivity index (χ1n) is 6.15. The topological polar surface area (TPSA) is 58.6 Å². The van der Waals surface area contributed by atoms with Gasteiger partial charge in [-0.2, -0.15) is 0 Å². The summed E-state index contributed by atoms with van der Waals surface area (Å²) in [4.78, 5) is 11.3. The Hall–Kier alpha value is -0.770. The number of rotatable bonds is 5. The van der Waals surface area contributed by atoms with Crippen molar-refractivity contribution in [2.75, 3.05) is 19.8 Å². The fraction of sp³-hybridized carbons (Fsp3) is 0.917. The van der Waals surface area contributed by atoms with Crippen molar-refractivity contribution in [1.29, 1.82) is 0 Å². The first-order valence-corrected chi connectivity index (χ1v) is 6.15. The molecule has 1 rings (SSSR count). The number of alkyl carbamates (subject to hydrolysis) is 1. The summed E-state index contributed by atoms with van der Waals surface area (Å²) in [6.45, 7) is 5.33. The van der Waals surface area contributed by atoms with Crippen molar-refractivity contribution in [3.63, 3.8) is 0 Å². The number of aliphatic hydroxyl groups is 1. The lowest BCUT2D eigenvalue weighted by Crippen LogP contribution is -2.32. The standard InChI is InChI=1S/C12H23NO3/c1-9(2)8-16-12(15)13-6-10-4-3-5-11(10)7-14/h9-11,14H,3-8H2,1-2H3,(H,13,15). The highest BCUT2D eigenvalue weighted by Gasteiger charge is 2.26. The van der Waals surface area contributed by atoms with Gasteiger partial charge in [-0.1, -0.05) is 20.3 Å². The maximum atomic E-state index is 11.3. The highest BCUT2D eigenvalue weighted by Crippen LogP contribution is 2.30. The number of carbonyl (C=O) groups excluding carboxylic acids is 1. The van der Waals surface area contributed by atoms with Gasteiger partial charge in [-0.15, -0.1) is 0 Å². The van der Waals surface area contributed by atoms with E-state index in [1.165, 1.54) is 0 Å². The van der Waals surface area contributed by atoms with Crippen molar-refractivity contribution < 1.29 is 14.6 Å². The van der Waals surface area contributed by atoms with Gasteiger partial charge in [0, 0.05) is 13.2 Å². The van der Waals surface area contributed by atoms with E-state index in [4.69, 9.17) is 9.84 Å². The number of ether oxygens (including phenoxy) is 1. The second-order valence-corrected chi connectivity index (χ2v) is 5.01. The van der Waals surface area contributed by atoms with Gasteiger partial charge in [-0.3, -0.25) is 0 Å². The average Bonchev–Trinajstić information content (AvgIpc) is 2.70. The molecule has 0 heterocycles. The molecule has 0 aromatic rings. The second-order valence-electron chi connectivity index (χ2n) is 5.01. The highest BCUT2D eigenvalue weighted by atomic mass is 16.5. The molecule has 4 heteroatoms. The number of carbonyl (C=O) groups is 1. The van der Waals surface area contributed by atoms with Crippen LogP contribution in [-0.4, -0.2) is 31.0 Å². The van der Waals surface area contributed by atoms with Gasteiger partial charge in [0.25, 0.3) is 0 Å². The van der Waals surface area contributed by atoms with E-state index in [0.717, 1.165) is 19.3 Å². The molecule has 0 radical (unpaired) electrons. The number of amides is 1. The minimum absolute atomic E-state index is 0.230. The van der Waals surface area contributed by atoms with Gasteiger partial charge in [0.05, 0.1) is 6.61 Å². The molecule has 2 N–H and O–H groups in total. The fourth-order valence-electron chi connectivity index (χ4n) is 2.13. The van der Waals surface area contributed by atoms with Gasteiger partial charge in [0.15, 0.2) is 0 Å². The van der Waals surface area contributed by atoms with E-state index >= 15 is 0 Å². The molecule has 4 nitrogen and oxygen atoms in total. The Morgan fingerprint density at radius 2 is 2.12 bits per heavy atom. The summed E-state index contributed by atoms with van der Waals surface area (Å²) in [6, 6.07) is 0. The molecule has 0 aromatic carbocycles. The van der Waals surface area contributed by atoms with Gasteiger partial charge >= 0.3 is 6.09 Å². The third-order valence-corrected chi connectivity index (χ3v) is 3.11. The van der Waals surface area contributed by atoms with Crippen molar-refractivity contribution in [3.05, 3.63) is 0 Å². The molecule has 94 valence electrons. The van der Waals surface area contributed by atoms with E-state index in [2.05, 4.69) is 5.32 Å². The van der Waals surface area contributed by atoms with Crippen LogP contribution in [0.5, 0.6) is 0 Å². The Kier molecular flexibility index (Phi) is 5.60. The summed E-state index contributed by atoms with van der Waals surface area (Å²) in [5.74, 6) is 1.13. The molecular weight excluding hydrogens is 206 g/mol. The van der Waals surface area contributed by atoms with Crippen LogP contribution in [-0.2, 0) is 4.74 Å². The zero-order chi connectivity index (χ0) is 12.0. The average molecular weight is 229 g/mol. The van der Waals surface area contributed by atoms with Crippen LogP contribution in [0.1, 0.15) is 33.1 Å². The predicted octanol–water partition coefficient (Wildman–Crippen LogP) is 1.78. The quantitative estimate of drug-likeness (QED) is 0.755. The maximum Gasteiger partial charge on any atom is 0.407 e. The number of nitrogens with one attached hydrogen (secondary N) is 1. The number of hydrogen-bond acceptors (Lipinski definition) is 3. The van der Waals surface area contributed by atoms with E-state index in [-0.39, 0.29) is 12.7 Å². The van der Waals surface area contributed by atoms with Gasteiger partial charge in [-0.05, 0) is 30.6 Å². The monoisotopic (exact) mass is 229 g/mol. The van der Waals surface area contributed by atoms with E-state index in [9.17, 15) is 4.79 Å². The first-order chi connectivity index (χ1) is 7.63. The van der Waals surface area contributed by atoms with Crippen molar-refractivity contribution in [3.8, 4) is 0 Å². The van der Waals surface area contributed by atoms with Crippen LogP contribution in [0.2, 0.25) is 0 Å². The third-order valence-electron chi connectivity index (χ3n) is 3.11. The lowest BCUT2D eigenvalue weighted by atomic mass is 9.97. The molecule has 1 fully saturated rings. The van der Waals surface area contributed by atoms with Crippen LogP contribution in [0.4, 0.5) is 4.79 Å². The Morgan fingerprint density at radius 1 is 1.44 bits per heavy atom. The summed E-state index contributed by atoms with van der Waals surface area (Å²) in [7, 11) is 0. The summed E-state index contributed by atoms with van der Waals surface area (Å²) in [6.07, 6.45) is 2.98. The van der Waals surface area contributed by atoms with Gasteiger partial charge < -0.3 is 15.2 Å². The summed E-state index contributed by atoms with van der Waals surface area (Å²) in [5.41, 5.74) is 0. The molecule has 0 aliphatic heterocycles. The minimum atomic E-state index is -0.336. The predicted molar refractivity (Wildman–Crippen MR) is 62.1 cm³/mol. The van der Waals surface area contributed by atoms with Crippen molar-refractivity contribution in [2.24, 2.45) is 17.8 Å². The lowest BCUT2D eigenvalue weighted by molar-refractivity contribution is 0.128. The molecule has 0 aromatic heterocycles. The molecule has 1 aliphatic rings. The number of aliphatic hydroxyl groups excluding tert-OH is 1. The maximum absolute atomic E-state index is 11.3. The van der Waals surface area contributed by atoms with E-state index < -0.39 is 0 Å². The Bertz CT molecular complexity index is 218. The molecule has 1 aliphatic carbocycles. The first kappa shape index (κ1) is 13.3. The van der Waals surface area contributed by atoms with E-state index in [0.29, 0.717) is 30.9 Å². The number of hydrogen-bond donors (Lipinski definition) is 2. The molecule has 1 amide bonds. The minimum Gasteiger partial charge on any atom is -0.449 e. The van der Waals surface area contributed by atoms with Crippen LogP contribution >= 0.6 is 0 Å². The van der Waals surface area contributed by atoms with Crippen molar-refractivity contribution in [2.45, 2.75) is 33.1 Å². The largest absolute Gasteiger partial charge is 0.449 e. The van der Waals surface area contributed by atoms with Gasteiger partial charge in [0.1, 0.15) is 0 Å². The summed E-state index contributed by atoms with van der Waals surface area (Å²) < 4.78 is 5.02. The van der Waals surface area contributed by atoms with Crippen molar-refractivity contribution >= 4 is 6.09 Å².